The Labute approximate surface area is 181 Å². The van der Waals surface area contributed by atoms with E-state index in [9.17, 15) is 13.6 Å². The van der Waals surface area contributed by atoms with Crippen LogP contribution < -0.4 is 9.64 Å². The molecule has 3 rings (SSSR count). The van der Waals surface area contributed by atoms with Crippen molar-refractivity contribution in [1.82, 2.24) is 4.98 Å². The average molecular weight is 434 g/mol. The summed E-state index contributed by atoms with van der Waals surface area (Å²) in [4.78, 5) is 17.0. The largest absolute Gasteiger partial charge is 0.478 e. The fourth-order valence-corrected chi connectivity index (χ4v) is 3.69. The van der Waals surface area contributed by atoms with E-state index >= 15 is 0 Å². The van der Waals surface area contributed by atoms with Crippen LogP contribution in [0.4, 0.5) is 14.5 Å². The van der Waals surface area contributed by atoms with Crippen LogP contribution in [-0.2, 0) is 14.3 Å². The summed E-state index contributed by atoms with van der Waals surface area (Å²) in [5.41, 5.74) is 0.770. The van der Waals surface area contributed by atoms with Crippen molar-refractivity contribution < 1.29 is 27.8 Å². The quantitative estimate of drug-likeness (QED) is 0.412. The van der Waals surface area contributed by atoms with E-state index in [-0.39, 0.29) is 17.6 Å². The number of ether oxygens (including phenoxy) is 3. The molecule has 0 aliphatic carbocycles. The molecular formula is C23H28F2N2O4. The molecule has 2 aromatic rings. The zero-order chi connectivity index (χ0) is 22.2. The highest BCUT2D eigenvalue weighted by molar-refractivity contribution is 5.66. The van der Waals surface area contributed by atoms with Gasteiger partial charge in [0.2, 0.25) is 5.88 Å². The number of methoxy groups -OCH3 is 1. The van der Waals surface area contributed by atoms with Crippen LogP contribution in [0.25, 0.3) is 11.3 Å². The number of esters is 1. The summed E-state index contributed by atoms with van der Waals surface area (Å²) >= 11 is 0. The highest BCUT2D eigenvalue weighted by atomic mass is 19.1. The maximum atomic E-state index is 14.9. The molecule has 1 aromatic carbocycles. The van der Waals surface area contributed by atoms with Crippen molar-refractivity contribution in [3.05, 3.63) is 42.0 Å². The molecule has 0 N–H and O–H groups in total. The van der Waals surface area contributed by atoms with Gasteiger partial charge in [0, 0.05) is 51.8 Å². The van der Waals surface area contributed by atoms with Gasteiger partial charge in [-0.3, -0.25) is 4.79 Å². The minimum Gasteiger partial charge on any atom is -0.478 e. The monoisotopic (exact) mass is 434 g/mol. The first-order valence-electron chi connectivity index (χ1n) is 10.4. The van der Waals surface area contributed by atoms with Gasteiger partial charge in [0.1, 0.15) is 17.3 Å². The Morgan fingerprint density at radius 2 is 1.97 bits per heavy atom. The zero-order valence-corrected chi connectivity index (χ0v) is 17.9. The third-order valence-electron chi connectivity index (χ3n) is 5.21. The fourth-order valence-electron chi connectivity index (χ4n) is 3.69. The number of halogens is 2. The number of carbonyl (C=O) groups is 1. The van der Waals surface area contributed by atoms with E-state index < -0.39 is 11.6 Å². The van der Waals surface area contributed by atoms with E-state index in [0.717, 1.165) is 12.8 Å². The number of rotatable bonds is 10. The molecule has 0 amide bonds. The topological polar surface area (TPSA) is 60.9 Å². The minimum absolute atomic E-state index is 0.0225. The van der Waals surface area contributed by atoms with E-state index in [1.165, 1.54) is 19.1 Å². The standard InChI is InChI=1S/C23H28F2N2O4/c1-16(28)30-12-8-17-7-9-27(15-17)23-19(24)13-18(14-20(23)25)21-5-3-6-22(26-21)31-11-4-10-29-2/h3,5-6,13-14,17H,4,7-12,15H2,1-2H3. The van der Waals surface area contributed by atoms with Crippen LogP contribution in [0.15, 0.2) is 30.3 Å². The molecule has 1 fully saturated rings. The van der Waals surface area contributed by atoms with Gasteiger partial charge in [0.05, 0.1) is 18.9 Å². The summed E-state index contributed by atoms with van der Waals surface area (Å²) in [5.74, 6) is -0.937. The summed E-state index contributed by atoms with van der Waals surface area (Å²) in [6.45, 7) is 3.80. The molecule has 6 nitrogen and oxygen atoms in total. The van der Waals surface area contributed by atoms with Gasteiger partial charge in [-0.05, 0) is 37.0 Å². The SMILES string of the molecule is COCCCOc1cccc(-c2cc(F)c(N3CCC(CCOC(C)=O)C3)c(F)c2)n1. The molecular weight excluding hydrogens is 406 g/mol. The lowest BCUT2D eigenvalue weighted by molar-refractivity contribution is -0.141. The van der Waals surface area contributed by atoms with E-state index in [1.807, 2.05) is 0 Å². The van der Waals surface area contributed by atoms with E-state index in [1.54, 1.807) is 30.2 Å². The number of hydrogen-bond acceptors (Lipinski definition) is 6. The van der Waals surface area contributed by atoms with Gasteiger partial charge in [0.25, 0.3) is 0 Å². The molecule has 1 saturated heterocycles. The second-order valence-electron chi connectivity index (χ2n) is 7.57. The molecule has 0 bridgehead atoms. The van der Waals surface area contributed by atoms with Crippen molar-refractivity contribution in [1.29, 1.82) is 0 Å². The molecule has 0 spiro atoms. The Kier molecular flexibility index (Phi) is 8.17. The van der Waals surface area contributed by atoms with Gasteiger partial charge in [-0.25, -0.2) is 13.8 Å². The number of nitrogens with zero attached hydrogens (tertiary/aromatic N) is 2. The van der Waals surface area contributed by atoms with Crippen molar-refractivity contribution in [2.24, 2.45) is 5.92 Å². The summed E-state index contributed by atoms with van der Waals surface area (Å²) in [5, 5.41) is 0. The predicted molar refractivity (Wildman–Crippen MR) is 113 cm³/mol. The maximum Gasteiger partial charge on any atom is 0.302 e. The highest BCUT2D eigenvalue weighted by Crippen LogP contribution is 2.33. The Hall–Kier alpha value is -2.74. The third-order valence-corrected chi connectivity index (χ3v) is 5.21. The van der Waals surface area contributed by atoms with E-state index in [0.29, 0.717) is 56.5 Å². The van der Waals surface area contributed by atoms with E-state index in [4.69, 9.17) is 14.2 Å². The van der Waals surface area contributed by atoms with Crippen LogP contribution in [0.1, 0.15) is 26.2 Å². The van der Waals surface area contributed by atoms with Gasteiger partial charge in [-0.15, -0.1) is 0 Å². The van der Waals surface area contributed by atoms with Crippen molar-refractivity contribution in [3.8, 4) is 17.1 Å². The Bertz CT molecular complexity index is 871. The number of pyridine rings is 1. The lowest BCUT2D eigenvalue weighted by Gasteiger charge is -2.21. The van der Waals surface area contributed by atoms with Crippen LogP contribution in [0.3, 0.4) is 0 Å². The number of hydrogen-bond donors (Lipinski definition) is 0. The Balaban J connectivity index is 1.68. The maximum absolute atomic E-state index is 14.9. The van der Waals surface area contributed by atoms with Crippen LogP contribution >= 0.6 is 0 Å². The number of anilines is 1. The van der Waals surface area contributed by atoms with Crippen LogP contribution in [-0.4, -0.2) is 51.0 Å². The normalized spacial score (nSPS) is 15.9. The summed E-state index contributed by atoms with van der Waals surface area (Å²) < 4.78 is 45.3. The predicted octanol–water partition coefficient (Wildman–Crippen LogP) is 4.22. The summed E-state index contributed by atoms with van der Waals surface area (Å²) in [6, 6.07) is 7.75. The third kappa shape index (κ3) is 6.37. The molecule has 8 heteroatoms. The van der Waals surface area contributed by atoms with Crippen molar-refractivity contribution in [2.75, 3.05) is 44.9 Å². The smallest absolute Gasteiger partial charge is 0.302 e. The Morgan fingerprint density at radius 3 is 2.68 bits per heavy atom. The second kappa shape index (κ2) is 11.0. The zero-order valence-electron chi connectivity index (χ0n) is 17.9. The van der Waals surface area contributed by atoms with Gasteiger partial charge in [-0.1, -0.05) is 6.07 Å². The molecule has 1 unspecified atom stereocenters. The van der Waals surface area contributed by atoms with Gasteiger partial charge in [0.15, 0.2) is 0 Å². The van der Waals surface area contributed by atoms with Crippen molar-refractivity contribution in [3.63, 3.8) is 0 Å². The molecule has 1 aliphatic heterocycles. The highest BCUT2D eigenvalue weighted by Gasteiger charge is 2.27. The van der Waals surface area contributed by atoms with Crippen molar-refractivity contribution >= 4 is 11.7 Å². The number of benzene rings is 1. The second-order valence-corrected chi connectivity index (χ2v) is 7.57. The van der Waals surface area contributed by atoms with Crippen LogP contribution in [0.2, 0.25) is 0 Å². The van der Waals surface area contributed by atoms with Gasteiger partial charge >= 0.3 is 5.97 Å². The first-order valence-corrected chi connectivity index (χ1v) is 10.4. The fraction of sp³-hybridized carbons (Fsp3) is 0.478. The average Bonchev–Trinajstić information content (AvgIpc) is 3.19. The lowest BCUT2D eigenvalue weighted by atomic mass is 10.1. The summed E-state index contributed by atoms with van der Waals surface area (Å²) in [7, 11) is 1.62. The summed E-state index contributed by atoms with van der Waals surface area (Å²) in [6.07, 6.45) is 2.20. The molecule has 0 saturated carbocycles. The van der Waals surface area contributed by atoms with Gasteiger partial charge < -0.3 is 19.1 Å². The Morgan fingerprint density at radius 1 is 1.19 bits per heavy atom. The van der Waals surface area contributed by atoms with Gasteiger partial charge in [-0.2, -0.15) is 0 Å². The molecule has 1 aromatic heterocycles. The van der Waals surface area contributed by atoms with Crippen LogP contribution in [0.5, 0.6) is 5.88 Å². The molecule has 1 atom stereocenters. The molecule has 0 radical (unpaired) electrons. The lowest BCUT2D eigenvalue weighted by Crippen LogP contribution is -2.22. The minimum atomic E-state index is -0.621. The first-order chi connectivity index (χ1) is 15.0. The molecule has 1 aliphatic rings. The van der Waals surface area contributed by atoms with E-state index in [2.05, 4.69) is 4.98 Å². The van der Waals surface area contributed by atoms with Crippen molar-refractivity contribution in [2.45, 2.75) is 26.2 Å². The van der Waals surface area contributed by atoms with Crippen LogP contribution in [0, 0.1) is 17.6 Å². The number of aromatic nitrogens is 1. The first kappa shape index (κ1) is 22.9. The molecule has 31 heavy (non-hydrogen) atoms. The molecule has 168 valence electrons. The molecule has 2 heterocycles. The number of carbonyl (C=O) groups excluding carboxylic acids is 1.